The van der Waals surface area contributed by atoms with E-state index in [-0.39, 0.29) is 11.4 Å². The van der Waals surface area contributed by atoms with Crippen LogP contribution in [0.2, 0.25) is 0 Å². The molecule has 0 aromatic heterocycles. The van der Waals surface area contributed by atoms with Crippen LogP contribution in [0.25, 0.3) is 0 Å². The minimum atomic E-state index is -0.265. The summed E-state index contributed by atoms with van der Waals surface area (Å²) in [4.78, 5) is 12.2. The minimum absolute atomic E-state index is 0.220. The van der Waals surface area contributed by atoms with Crippen molar-refractivity contribution < 1.29 is 4.79 Å². The van der Waals surface area contributed by atoms with E-state index in [1.54, 1.807) is 0 Å². The van der Waals surface area contributed by atoms with E-state index in [2.05, 4.69) is 31.4 Å². The summed E-state index contributed by atoms with van der Waals surface area (Å²) in [5.41, 5.74) is 0.0574. The van der Waals surface area contributed by atoms with Crippen molar-refractivity contribution in [1.82, 2.24) is 10.6 Å². The van der Waals surface area contributed by atoms with Crippen LogP contribution in [0.5, 0.6) is 0 Å². The van der Waals surface area contributed by atoms with Crippen LogP contribution in [0.3, 0.4) is 0 Å². The van der Waals surface area contributed by atoms with Gasteiger partial charge in [0.15, 0.2) is 0 Å². The van der Waals surface area contributed by atoms with Crippen molar-refractivity contribution in [3.05, 3.63) is 0 Å². The van der Waals surface area contributed by atoms with E-state index < -0.39 is 0 Å². The average Bonchev–Trinajstić information content (AvgIpc) is 2.68. The zero-order valence-corrected chi connectivity index (χ0v) is 10.0. The molecule has 1 amide bonds. The second-order valence-electron chi connectivity index (χ2n) is 5.68. The van der Waals surface area contributed by atoms with Crippen LogP contribution in [0.1, 0.15) is 46.5 Å². The van der Waals surface area contributed by atoms with Crippen molar-refractivity contribution in [1.29, 1.82) is 0 Å². The summed E-state index contributed by atoms with van der Waals surface area (Å²) in [6.45, 7) is 7.49. The molecule has 2 atom stereocenters. The molecule has 15 heavy (non-hydrogen) atoms. The van der Waals surface area contributed by atoms with E-state index in [1.807, 2.05) is 0 Å². The van der Waals surface area contributed by atoms with Gasteiger partial charge in [-0.05, 0) is 37.6 Å². The van der Waals surface area contributed by atoms with Gasteiger partial charge in [0.25, 0.3) is 0 Å². The monoisotopic (exact) mass is 210 g/mol. The molecule has 2 unspecified atom stereocenters. The Bertz CT molecular complexity index is 267. The van der Waals surface area contributed by atoms with Gasteiger partial charge in [-0.2, -0.15) is 0 Å². The Kier molecular flexibility index (Phi) is 2.53. The number of amides is 1. The number of nitrogens with one attached hydrogen (secondary N) is 2. The first kappa shape index (κ1) is 10.9. The van der Waals surface area contributed by atoms with Crippen molar-refractivity contribution in [3.8, 4) is 0 Å². The summed E-state index contributed by atoms with van der Waals surface area (Å²) >= 11 is 0. The Labute approximate surface area is 92.0 Å². The number of hydrogen-bond acceptors (Lipinski definition) is 2. The van der Waals surface area contributed by atoms with Gasteiger partial charge in [-0.15, -0.1) is 0 Å². The van der Waals surface area contributed by atoms with Gasteiger partial charge in [-0.1, -0.05) is 20.8 Å². The molecule has 1 saturated heterocycles. The molecule has 86 valence electrons. The Morgan fingerprint density at radius 1 is 1.53 bits per heavy atom. The number of rotatable bonds is 3. The van der Waals surface area contributed by atoms with E-state index in [0.29, 0.717) is 11.5 Å². The van der Waals surface area contributed by atoms with Crippen LogP contribution in [-0.4, -0.2) is 24.0 Å². The normalized spacial score (nSPS) is 37.7. The van der Waals surface area contributed by atoms with Crippen molar-refractivity contribution >= 4 is 5.91 Å². The van der Waals surface area contributed by atoms with E-state index in [9.17, 15) is 4.79 Å². The number of hydrogen-bond donors (Lipinski definition) is 2. The molecule has 1 heterocycles. The van der Waals surface area contributed by atoms with E-state index in [1.165, 1.54) is 0 Å². The Hall–Kier alpha value is -0.570. The fourth-order valence-electron chi connectivity index (χ4n) is 2.47. The number of carbonyl (C=O) groups is 1. The first-order chi connectivity index (χ1) is 7.00. The first-order valence-electron chi connectivity index (χ1n) is 6.06. The van der Waals surface area contributed by atoms with Crippen molar-refractivity contribution in [3.63, 3.8) is 0 Å². The molecule has 2 fully saturated rings. The van der Waals surface area contributed by atoms with Crippen molar-refractivity contribution in [2.45, 2.75) is 58.0 Å². The van der Waals surface area contributed by atoms with E-state index in [0.717, 1.165) is 32.2 Å². The van der Waals surface area contributed by atoms with Gasteiger partial charge < -0.3 is 10.6 Å². The zero-order chi connectivity index (χ0) is 11.1. The van der Waals surface area contributed by atoms with Gasteiger partial charge in [0.2, 0.25) is 5.91 Å². The molecule has 3 heteroatoms. The van der Waals surface area contributed by atoms with Crippen molar-refractivity contribution in [2.24, 2.45) is 5.41 Å². The molecular weight excluding hydrogens is 188 g/mol. The summed E-state index contributed by atoms with van der Waals surface area (Å²) in [7, 11) is 0. The summed E-state index contributed by atoms with van der Waals surface area (Å²) in [5, 5.41) is 6.54. The molecule has 2 rings (SSSR count). The fraction of sp³-hybridized carbons (Fsp3) is 0.917. The standard InChI is InChI=1S/C12H22N2O/c1-4-12(6-5-7-13-12)10(15)14-9-8-11(9,2)3/h9,13H,4-8H2,1-3H3,(H,14,15). The van der Waals surface area contributed by atoms with Gasteiger partial charge in [0.05, 0.1) is 5.54 Å². The van der Waals surface area contributed by atoms with Gasteiger partial charge >= 0.3 is 0 Å². The summed E-state index contributed by atoms with van der Waals surface area (Å²) in [6.07, 6.45) is 4.13. The molecule has 0 aromatic carbocycles. The predicted octanol–water partition coefficient (Wildman–Crippen LogP) is 1.43. The maximum atomic E-state index is 12.2. The smallest absolute Gasteiger partial charge is 0.240 e. The molecule has 1 aliphatic heterocycles. The lowest BCUT2D eigenvalue weighted by Gasteiger charge is -2.27. The predicted molar refractivity (Wildman–Crippen MR) is 60.6 cm³/mol. The SMILES string of the molecule is CCC1(C(=O)NC2CC2(C)C)CCCN1. The molecule has 2 aliphatic rings. The Morgan fingerprint density at radius 2 is 2.20 bits per heavy atom. The molecule has 1 aliphatic carbocycles. The lowest BCUT2D eigenvalue weighted by atomic mass is 9.93. The Balaban J connectivity index is 1.95. The van der Waals surface area contributed by atoms with Crippen LogP contribution in [0, 0.1) is 5.41 Å². The molecule has 1 saturated carbocycles. The summed E-state index contributed by atoms with van der Waals surface area (Å²) < 4.78 is 0. The Morgan fingerprint density at radius 3 is 2.60 bits per heavy atom. The highest BCUT2D eigenvalue weighted by Crippen LogP contribution is 2.45. The van der Waals surface area contributed by atoms with Gasteiger partial charge in [-0.25, -0.2) is 0 Å². The molecule has 0 radical (unpaired) electrons. The topological polar surface area (TPSA) is 41.1 Å². The van der Waals surface area contributed by atoms with Crippen molar-refractivity contribution in [2.75, 3.05) is 6.54 Å². The highest BCUT2D eigenvalue weighted by atomic mass is 16.2. The second-order valence-corrected chi connectivity index (χ2v) is 5.68. The maximum absolute atomic E-state index is 12.2. The van der Waals surface area contributed by atoms with Gasteiger partial charge in [0.1, 0.15) is 0 Å². The van der Waals surface area contributed by atoms with Crippen LogP contribution >= 0.6 is 0 Å². The second kappa shape index (κ2) is 3.48. The van der Waals surface area contributed by atoms with E-state index >= 15 is 0 Å². The lowest BCUT2D eigenvalue weighted by Crippen LogP contribution is -2.54. The minimum Gasteiger partial charge on any atom is -0.351 e. The molecular formula is C12H22N2O. The molecule has 2 N–H and O–H groups in total. The third kappa shape index (κ3) is 1.89. The third-order valence-corrected chi connectivity index (χ3v) is 4.10. The quantitative estimate of drug-likeness (QED) is 0.740. The average molecular weight is 210 g/mol. The third-order valence-electron chi connectivity index (χ3n) is 4.10. The largest absolute Gasteiger partial charge is 0.351 e. The fourth-order valence-corrected chi connectivity index (χ4v) is 2.47. The summed E-state index contributed by atoms with van der Waals surface area (Å²) in [6, 6.07) is 0.399. The van der Waals surface area contributed by atoms with Gasteiger partial charge in [0, 0.05) is 6.04 Å². The highest BCUT2D eigenvalue weighted by molar-refractivity contribution is 5.87. The van der Waals surface area contributed by atoms with Crippen LogP contribution in [0.4, 0.5) is 0 Å². The first-order valence-corrected chi connectivity index (χ1v) is 6.06. The molecule has 0 spiro atoms. The lowest BCUT2D eigenvalue weighted by molar-refractivity contribution is -0.127. The summed E-state index contributed by atoms with van der Waals surface area (Å²) in [5.74, 6) is 0.220. The highest BCUT2D eigenvalue weighted by Gasteiger charge is 2.49. The molecule has 0 bridgehead atoms. The molecule has 3 nitrogen and oxygen atoms in total. The molecule has 0 aromatic rings. The van der Waals surface area contributed by atoms with E-state index in [4.69, 9.17) is 0 Å². The van der Waals surface area contributed by atoms with Gasteiger partial charge in [-0.3, -0.25) is 4.79 Å². The maximum Gasteiger partial charge on any atom is 0.240 e. The van der Waals surface area contributed by atoms with Crippen LogP contribution < -0.4 is 10.6 Å². The number of carbonyl (C=O) groups excluding carboxylic acids is 1. The van der Waals surface area contributed by atoms with Crippen LogP contribution in [-0.2, 0) is 4.79 Å². The zero-order valence-electron chi connectivity index (χ0n) is 10.0. The van der Waals surface area contributed by atoms with Crippen LogP contribution in [0.15, 0.2) is 0 Å².